The number of ether oxygens (including phenoxy) is 1. The molecule has 0 bridgehead atoms. The van der Waals surface area contributed by atoms with Crippen LogP contribution in [0.5, 0.6) is 0 Å². The van der Waals surface area contributed by atoms with E-state index in [2.05, 4.69) is 5.32 Å². The largest absolute Gasteiger partial charge is 0.380 e. The minimum atomic E-state index is -2.20. The summed E-state index contributed by atoms with van der Waals surface area (Å²) >= 11 is 0. The molecule has 0 aliphatic carbocycles. The predicted molar refractivity (Wildman–Crippen MR) is 62.4 cm³/mol. The second kappa shape index (κ2) is 6.61. The first-order chi connectivity index (χ1) is 8.24. The lowest BCUT2D eigenvalue weighted by molar-refractivity contribution is 0.0521. The molecule has 0 unspecified atom stereocenters. The summed E-state index contributed by atoms with van der Waals surface area (Å²) in [7, 11) is 0. The highest BCUT2D eigenvalue weighted by atomic mass is 19.3. The van der Waals surface area contributed by atoms with Gasteiger partial charge in [-0.3, -0.25) is 4.90 Å². The van der Waals surface area contributed by atoms with Gasteiger partial charge in [-0.1, -0.05) is 0 Å². The highest BCUT2D eigenvalue weighted by Crippen LogP contribution is 2.14. The molecule has 2 aliphatic heterocycles. The molecule has 0 amide bonds. The molecular weight excluding hydrogens is 226 g/mol. The fourth-order valence-electron chi connectivity index (χ4n) is 2.68. The van der Waals surface area contributed by atoms with Gasteiger partial charge in [0.1, 0.15) is 0 Å². The fraction of sp³-hybridized carbons (Fsp3) is 1.00. The Labute approximate surface area is 101 Å². The third-order valence-corrected chi connectivity index (χ3v) is 3.62. The molecule has 3 nitrogen and oxygen atoms in total. The molecule has 1 N–H and O–H groups in total. The molecule has 2 fully saturated rings. The van der Waals surface area contributed by atoms with E-state index in [0.29, 0.717) is 12.1 Å². The number of alkyl halides is 2. The molecule has 0 aromatic rings. The molecule has 0 saturated carbocycles. The zero-order valence-electron chi connectivity index (χ0n) is 10.2. The van der Waals surface area contributed by atoms with E-state index in [1.54, 1.807) is 0 Å². The van der Waals surface area contributed by atoms with Crippen molar-refractivity contribution in [1.29, 1.82) is 0 Å². The molecule has 100 valence electrons. The van der Waals surface area contributed by atoms with Crippen LogP contribution in [0.25, 0.3) is 0 Å². The molecule has 2 rings (SSSR count). The second-order valence-electron chi connectivity index (χ2n) is 5.05. The van der Waals surface area contributed by atoms with Crippen LogP contribution < -0.4 is 5.32 Å². The number of hydrogen-bond acceptors (Lipinski definition) is 3. The van der Waals surface area contributed by atoms with Gasteiger partial charge >= 0.3 is 0 Å². The molecule has 0 radical (unpaired) electrons. The van der Waals surface area contributed by atoms with Gasteiger partial charge in [0.15, 0.2) is 0 Å². The zero-order chi connectivity index (χ0) is 12.1. The van der Waals surface area contributed by atoms with Crippen molar-refractivity contribution in [1.82, 2.24) is 10.2 Å². The van der Waals surface area contributed by atoms with Crippen LogP contribution in [0.4, 0.5) is 8.78 Å². The molecule has 0 aromatic heterocycles. The van der Waals surface area contributed by atoms with Crippen molar-refractivity contribution in [3.05, 3.63) is 0 Å². The summed E-state index contributed by atoms with van der Waals surface area (Å²) in [5, 5.41) is 3.59. The van der Waals surface area contributed by atoms with Crippen molar-refractivity contribution in [3.8, 4) is 0 Å². The van der Waals surface area contributed by atoms with Crippen molar-refractivity contribution in [2.24, 2.45) is 0 Å². The van der Waals surface area contributed by atoms with E-state index in [0.717, 1.165) is 45.6 Å². The van der Waals surface area contributed by atoms with E-state index in [1.807, 2.05) is 4.90 Å². The van der Waals surface area contributed by atoms with E-state index in [-0.39, 0.29) is 6.54 Å². The van der Waals surface area contributed by atoms with Crippen LogP contribution in [-0.2, 0) is 4.74 Å². The van der Waals surface area contributed by atoms with Gasteiger partial charge in [0, 0.05) is 18.7 Å². The normalized spacial score (nSPS) is 28.8. The van der Waals surface area contributed by atoms with Crippen LogP contribution in [0.15, 0.2) is 0 Å². The van der Waals surface area contributed by atoms with Crippen LogP contribution in [0, 0.1) is 0 Å². The number of piperidine rings is 1. The molecule has 5 heteroatoms. The van der Waals surface area contributed by atoms with E-state index in [9.17, 15) is 8.78 Å². The Bertz CT molecular complexity index is 215. The third-order valence-electron chi connectivity index (χ3n) is 3.62. The Balaban J connectivity index is 1.64. The predicted octanol–water partition coefficient (Wildman–Crippen LogP) is 1.48. The fourth-order valence-corrected chi connectivity index (χ4v) is 2.68. The monoisotopic (exact) mass is 248 g/mol. The summed E-state index contributed by atoms with van der Waals surface area (Å²) in [4.78, 5) is 1.86. The molecule has 2 aliphatic rings. The third kappa shape index (κ3) is 4.48. The second-order valence-corrected chi connectivity index (χ2v) is 5.05. The summed E-state index contributed by atoms with van der Waals surface area (Å²) in [5.41, 5.74) is 0. The van der Waals surface area contributed by atoms with Gasteiger partial charge in [-0.05, 0) is 38.8 Å². The van der Waals surface area contributed by atoms with Crippen LogP contribution in [0.2, 0.25) is 0 Å². The lowest BCUT2D eigenvalue weighted by Gasteiger charge is -2.35. The Morgan fingerprint density at radius 3 is 2.53 bits per heavy atom. The number of rotatable bonds is 4. The maximum atomic E-state index is 12.2. The van der Waals surface area contributed by atoms with Gasteiger partial charge in [0.25, 0.3) is 6.43 Å². The number of nitrogens with zero attached hydrogens (tertiary/aromatic N) is 1. The quantitative estimate of drug-likeness (QED) is 0.815. The first kappa shape index (κ1) is 13.2. The van der Waals surface area contributed by atoms with Crippen LogP contribution >= 0.6 is 0 Å². The van der Waals surface area contributed by atoms with Gasteiger partial charge in [-0.2, -0.15) is 0 Å². The smallest absolute Gasteiger partial charge is 0.251 e. The van der Waals surface area contributed by atoms with Gasteiger partial charge in [-0.25, -0.2) is 8.78 Å². The molecule has 2 heterocycles. The van der Waals surface area contributed by atoms with Gasteiger partial charge in [-0.15, -0.1) is 0 Å². The first-order valence-electron chi connectivity index (χ1n) is 6.58. The Hall–Kier alpha value is -0.260. The Morgan fingerprint density at radius 1 is 1.18 bits per heavy atom. The number of likely N-dealkylation sites (tertiary alicyclic amines) is 1. The highest BCUT2D eigenvalue weighted by molar-refractivity contribution is 4.81. The topological polar surface area (TPSA) is 24.5 Å². The Kier molecular flexibility index (Phi) is 5.13. The lowest BCUT2D eigenvalue weighted by Crippen LogP contribution is -2.49. The zero-order valence-corrected chi connectivity index (χ0v) is 10.2. The van der Waals surface area contributed by atoms with Crippen LogP contribution in [0.1, 0.15) is 25.7 Å². The van der Waals surface area contributed by atoms with E-state index in [4.69, 9.17) is 4.74 Å². The molecule has 0 aromatic carbocycles. The molecule has 2 saturated heterocycles. The van der Waals surface area contributed by atoms with Crippen molar-refractivity contribution < 1.29 is 13.5 Å². The number of nitrogens with one attached hydrogen (secondary N) is 1. The number of halogens is 2. The number of hydrogen-bond donors (Lipinski definition) is 1. The van der Waals surface area contributed by atoms with Gasteiger partial charge in [0.05, 0.1) is 13.2 Å². The summed E-state index contributed by atoms with van der Waals surface area (Å²) in [5.74, 6) is 0. The lowest BCUT2D eigenvalue weighted by atomic mass is 10.0. The standard InChI is InChI=1S/C12H22F2N2O/c13-12(14)8-16-5-3-10(4-6-16)15-11-2-1-7-17-9-11/h10-12,15H,1-9H2/t11-/m0/s1. The van der Waals surface area contributed by atoms with E-state index in [1.165, 1.54) is 6.42 Å². The summed E-state index contributed by atoms with van der Waals surface area (Å²) in [6.45, 7) is 3.19. The minimum absolute atomic E-state index is 0.0702. The molecule has 17 heavy (non-hydrogen) atoms. The van der Waals surface area contributed by atoms with Gasteiger partial charge < -0.3 is 10.1 Å². The van der Waals surface area contributed by atoms with Crippen molar-refractivity contribution in [2.45, 2.75) is 44.2 Å². The summed E-state index contributed by atoms with van der Waals surface area (Å²) in [6.07, 6.45) is 2.05. The van der Waals surface area contributed by atoms with E-state index < -0.39 is 6.43 Å². The first-order valence-corrected chi connectivity index (χ1v) is 6.58. The average molecular weight is 248 g/mol. The van der Waals surface area contributed by atoms with E-state index >= 15 is 0 Å². The average Bonchev–Trinajstić information content (AvgIpc) is 2.32. The van der Waals surface area contributed by atoms with Crippen molar-refractivity contribution in [3.63, 3.8) is 0 Å². The van der Waals surface area contributed by atoms with Crippen LogP contribution in [0.3, 0.4) is 0 Å². The van der Waals surface area contributed by atoms with Crippen molar-refractivity contribution >= 4 is 0 Å². The van der Waals surface area contributed by atoms with Gasteiger partial charge in [0.2, 0.25) is 0 Å². The minimum Gasteiger partial charge on any atom is -0.380 e. The molecule has 0 spiro atoms. The summed E-state index contributed by atoms with van der Waals surface area (Å²) in [6, 6.07) is 0.950. The summed E-state index contributed by atoms with van der Waals surface area (Å²) < 4.78 is 29.9. The maximum absolute atomic E-state index is 12.2. The van der Waals surface area contributed by atoms with Crippen LogP contribution in [-0.4, -0.2) is 56.3 Å². The molecular formula is C12H22F2N2O. The maximum Gasteiger partial charge on any atom is 0.251 e. The van der Waals surface area contributed by atoms with Crippen molar-refractivity contribution in [2.75, 3.05) is 32.8 Å². The highest BCUT2D eigenvalue weighted by Gasteiger charge is 2.24. The Morgan fingerprint density at radius 2 is 1.94 bits per heavy atom. The molecule has 1 atom stereocenters. The SMILES string of the molecule is FC(F)CN1CCC(N[C@H]2CCCOC2)CC1.